The van der Waals surface area contributed by atoms with E-state index in [1.807, 2.05) is 48.5 Å². The molecular formula is C24H20FN3O3S. The number of anilines is 1. The Morgan fingerprint density at radius 3 is 2.09 bits per heavy atom. The summed E-state index contributed by atoms with van der Waals surface area (Å²) in [6, 6.07) is 22.7. The molecule has 4 aromatic carbocycles. The Bertz CT molecular complexity index is 1380. The first-order chi connectivity index (χ1) is 15.3. The molecule has 6 nitrogen and oxygen atoms in total. The fourth-order valence-electron chi connectivity index (χ4n) is 3.53. The largest absolute Gasteiger partial charge is 0.271 e. The Labute approximate surface area is 185 Å². The first-order valence-electron chi connectivity index (χ1n) is 9.78. The zero-order valence-corrected chi connectivity index (χ0v) is 18.0. The van der Waals surface area contributed by atoms with E-state index in [4.69, 9.17) is 0 Å². The minimum Gasteiger partial charge on any atom is -0.271 e. The summed E-state index contributed by atoms with van der Waals surface area (Å²) in [6.07, 6.45) is 2.54. The van der Waals surface area contributed by atoms with Crippen molar-refractivity contribution in [2.75, 3.05) is 17.1 Å². The van der Waals surface area contributed by atoms with Crippen LogP contribution in [0.25, 0.3) is 21.5 Å². The average Bonchev–Trinajstić information content (AvgIpc) is 2.77. The highest BCUT2D eigenvalue weighted by atomic mass is 32.2. The Balaban J connectivity index is 1.59. The number of sulfonamides is 1. The highest BCUT2D eigenvalue weighted by Gasteiger charge is 2.20. The Morgan fingerprint density at radius 1 is 0.969 bits per heavy atom. The number of amides is 1. The molecule has 0 radical (unpaired) electrons. The zero-order valence-electron chi connectivity index (χ0n) is 17.2. The second kappa shape index (κ2) is 8.76. The Hall–Kier alpha value is -3.78. The lowest BCUT2D eigenvalue weighted by atomic mass is 9.97. The molecule has 0 saturated carbocycles. The van der Waals surface area contributed by atoms with Gasteiger partial charge in [-0.3, -0.25) is 9.10 Å². The lowest BCUT2D eigenvalue weighted by molar-refractivity contribution is -0.119. The second-order valence-electron chi connectivity index (χ2n) is 7.27. The van der Waals surface area contributed by atoms with Crippen molar-refractivity contribution in [3.8, 4) is 0 Å². The number of rotatable bonds is 6. The number of halogens is 1. The molecule has 0 aliphatic carbocycles. The van der Waals surface area contributed by atoms with Crippen molar-refractivity contribution in [3.05, 3.63) is 90.2 Å². The van der Waals surface area contributed by atoms with E-state index in [0.717, 1.165) is 49.8 Å². The number of hydrogen-bond acceptors (Lipinski definition) is 4. The van der Waals surface area contributed by atoms with Gasteiger partial charge in [0, 0.05) is 5.56 Å². The van der Waals surface area contributed by atoms with E-state index in [9.17, 15) is 17.6 Å². The van der Waals surface area contributed by atoms with Crippen LogP contribution >= 0.6 is 0 Å². The molecule has 4 aromatic rings. The van der Waals surface area contributed by atoms with Crippen molar-refractivity contribution in [2.45, 2.75) is 0 Å². The molecule has 0 atom stereocenters. The van der Waals surface area contributed by atoms with Crippen LogP contribution in [0.4, 0.5) is 10.1 Å². The van der Waals surface area contributed by atoms with Gasteiger partial charge >= 0.3 is 0 Å². The molecule has 4 rings (SSSR count). The van der Waals surface area contributed by atoms with E-state index in [0.29, 0.717) is 0 Å². The number of nitrogens with one attached hydrogen (secondary N) is 1. The third kappa shape index (κ3) is 4.60. The molecule has 0 saturated heterocycles. The van der Waals surface area contributed by atoms with Gasteiger partial charge in [0.1, 0.15) is 12.4 Å². The van der Waals surface area contributed by atoms with Crippen molar-refractivity contribution in [1.29, 1.82) is 0 Å². The van der Waals surface area contributed by atoms with Gasteiger partial charge < -0.3 is 0 Å². The van der Waals surface area contributed by atoms with E-state index in [1.54, 1.807) is 6.21 Å². The van der Waals surface area contributed by atoms with Crippen LogP contribution in [0.5, 0.6) is 0 Å². The molecule has 0 aliphatic heterocycles. The summed E-state index contributed by atoms with van der Waals surface area (Å²) in [5.41, 5.74) is 3.43. The molecule has 0 unspecified atom stereocenters. The van der Waals surface area contributed by atoms with E-state index < -0.39 is 28.3 Å². The second-order valence-corrected chi connectivity index (χ2v) is 9.18. The van der Waals surface area contributed by atoms with Gasteiger partial charge in [-0.05, 0) is 51.9 Å². The van der Waals surface area contributed by atoms with E-state index in [1.165, 1.54) is 12.1 Å². The molecule has 0 fully saturated rings. The standard InChI is InChI=1S/C24H20FN3O3S/c1-32(30,31)28(20-12-10-19(25)11-13-20)16-24(29)27-26-15-23-21-8-4-2-6-17(21)14-18-7-3-5-9-22(18)23/h2-15H,16H2,1H3,(H,27,29)/b26-15-. The maximum Gasteiger partial charge on any atom is 0.260 e. The molecule has 1 amide bonds. The van der Waals surface area contributed by atoms with Crippen LogP contribution in [0.3, 0.4) is 0 Å². The molecule has 0 aromatic heterocycles. The quantitative estimate of drug-likeness (QED) is 0.274. The topological polar surface area (TPSA) is 78.8 Å². The summed E-state index contributed by atoms with van der Waals surface area (Å²) in [5, 5.41) is 8.12. The number of carbonyl (C=O) groups excluding carboxylic acids is 1. The van der Waals surface area contributed by atoms with Crippen LogP contribution in [0.2, 0.25) is 0 Å². The number of carbonyl (C=O) groups is 1. The number of nitrogens with zero attached hydrogens (tertiary/aromatic N) is 2. The Morgan fingerprint density at radius 2 is 1.53 bits per heavy atom. The predicted molar refractivity (Wildman–Crippen MR) is 126 cm³/mol. The predicted octanol–water partition coefficient (Wildman–Crippen LogP) is 4.05. The molecular weight excluding hydrogens is 429 g/mol. The van der Waals surface area contributed by atoms with Crippen LogP contribution < -0.4 is 9.73 Å². The van der Waals surface area contributed by atoms with Crippen LogP contribution in [0, 0.1) is 5.82 Å². The fraction of sp³-hybridized carbons (Fsp3) is 0.0833. The number of hydrazone groups is 1. The van der Waals surface area contributed by atoms with Crippen LogP contribution in [-0.4, -0.2) is 33.3 Å². The van der Waals surface area contributed by atoms with Gasteiger partial charge in [-0.2, -0.15) is 5.10 Å². The molecule has 0 bridgehead atoms. The summed E-state index contributed by atoms with van der Waals surface area (Å²) >= 11 is 0. The third-order valence-corrected chi connectivity index (χ3v) is 6.14. The molecule has 8 heteroatoms. The third-order valence-electron chi connectivity index (χ3n) is 5.00. The molecule has 0 spiro atoms. The summed E-state index contributed by atoms with van der Waals surface area (Å²) in [4.78, 5) is 12.5. The minimum absolute atomic E-state index is 0.188. The SMILES string of the molecule is CS(=O)(=O)N(CC(=O)N/N=C\c1c2ccccc2cc2ccccc12)c1ccc(F)cc1. The summed E-state index contributed by atoms with van der Waals surface area (Å²) < 4.78 is 38.4. The summed E-state index contributed by atoms with van der Waals surface area (Å²) in [6.45, 7) is -0.488. The molecule has 162 valence electrons. The van der Waals surface area contributed by atoms with Crippen LogP contribution in [0.1, 0.15) is 5.56 Å². The van der Waals surface area contributed by atoms with E-state index >= 15 is 0 Å². The van der Waals surface area contributed by atoms with Crippen LogP contribution in [-0.2, 0) is 14.8 Å². The van der Waals surface area contributed by atoms with Gasteiger partial charge in [0.05, 0.1) is 18.2 Å². The molecule has 1 N–H and O–H groups in total. The number of benzene rings is 4. The Kier molecular flexibility index (Phi) is 5.87. The monoisotopic (exact) mass is 449 g/mol. The maximum absolute atomic E-state index is 13.2. The van der Waals surface area contributed by atoms with Gasteiger partial charge in [-0.15, -0.1) is 0 Å². The molecule has 0 aliphatic rings. The summed E-state index contributed by atoms with van der Waals surface area (Å²) in [5.74, 6) is -1.13. The van der Waals surface area contributed by atoms with Crippen molar-refractivity contribution in [3.63, 3.8) is 0 Å². The van der Waals surface area contributed by atoms with E-state index in [-0.39, 0.29) is 5.69 Å². The molecule has 0 heterocycles. The maximum atomic E-state index is 13.2. The average molecular weight is 450 g/mol. The number of fused-ring (bicyclic) bond motifs is 2. The van der Waals surface area contributed by atoms with Crippen molar-refractivity contribution < 1.29 is 17.6 Å². The molecule has 32 heavy (non-hydrogen) atoms. The minimum atomic E-state index is -3.76. The fourth-order valence-corrected chi connectivity index (χ4v) is 4.39. The highest BCUT2D eigenvalue weighted by molar-refractivity contribution is 7.92. The zero-order chi connectivity index (χ0) is 22.7. The van der Waals surface area contributed by atoms with E-state index in [2.05, 4.69) is 16.6 Å². The number of hydrogen-bond donors (Lipinski definition) is 1. The van der Waals surface area contributed by atoms with Crippen molar-refractivity contribution in [1.82, 2.24) is 5.43 Å². The van der Waals surface area contributed by atoms with Crippen molar-refractivity contribution in [2.24, 2.45) is 5.10 Å². The van der Waals surface area contributed by atoms with Gasteiger partial charge in [0.15, 0.2) is 0 Å². The first kappa shape index (κ1) is 21.5. The van der Waals surface area contributed by atoms with Crippen molar-refractivity contribution >= 4 is 49.4 Å². The van der Waals surface area contributed by atoms with Crippen LogP contribution in [0.15, 0.2) is 84.0 Å². The lowest BCUT2D eigenvalue weighted by Crippen LogP contribution is -2.39. The smallest absolute Gasteiger partial charge is 0.260 e. The van der Waals surface area contributed by atoms with Gasteiger partial charge in [0.2, 0.25) is 10.0 Å². The summed E-state index contributed by atoms with van der Waals surface area (Å²) in [7, 11) is -3.76. The normalized spacial score (nSPS) is 11.8. The van der Waals surface area contributed by atoms with Gasteiger partial charge in [0.25, 0.3) is 5.91 Å². The van der Waals surface area contributed by atoms with Gasteiger partial charge in [-0.1, -0.05) is 48.5 Å². The first-order valence-corrected chi connectivity index (χ1v) is 11.6. The van der Waals surface area contributed by atoms with Gasteiger partial charge in [-0.25, -0.2) is 18.2 Å². The lowest BCUT2D eigenvalue weighted by Gasteiger charge is -2.21. The highest BCUT2D eigenvalue weighted by Crippen LogP contribution is 2.27.